The minimum Gasteiger partial charge on any atom is -0.748 e. The van der Waals surface area contributed by atoms with Crippen LogP contribution in [0.4, 0.5) is 0 Å². The molecule has 0 aromatic carbocycles. The molecule has 0 spiro atoms. The van der Waals surface area contributed by atoms with Gasteiger partial charge in [0.15, 0.2) is 0 Å². The van der Waals surface area contributed by atoms with E-state index in [-0.39, 0.29) is 35.3 Å². The van der Waals surface area contributed by atoms with Gasteiger partial charge in [0.05, 0.1) is 62.6 Å². The van der Waals surface area contributed by atoms with Gasteiger partial charge in [0.2, 0.25) is 10.0 Å². The fraction of sp³-hybridized carbons (Fsp3) is 1.00. The van der Waals surface area contributed by atoms with Crippen LogP contribution in [0, 0.1) is 0 Å². The van der Waals surface area contributed by atoms with Crippen molar-refractivity contribution in [3.05, 3.63) is 0 Å². The van der Waals surface area contributed by atoms with Crippen molar-refractivity contribution < 1.29 is 69.9 Å². The van der Waals surface area contributed by atoms with Crippen LogP contribution in [0.25, 0.3) is 0 Å². The summed E-state index contributed by atoms with van der Waals surface area (Å²) in [6.07, 6.45) is 3.79. The molecule has 0 aromatic heterocycles. The Labute approximate surface area is 204 Å². The van der Waals surface area contributed by atoms with Crippen molar-refractivity contribution in [2.75, 3.05) is 78.0 Å². The van der Waals surface area contributed by atoms with Crippen molar-refractivity contribution in [3.8, 4) is 0 Å². The van der Waals surface area contributed by atoms with Gasteiger partial charge in [-0.1, -0.05) is 13.3 Å². The van der Waals surface area contributed by atoms with Crippen LogP contribution in [0.1, 0.15) is 32.6 Å². The summed E-state index contributed by atoms with van der Waals surface area (Å²) < 4.78 is 77.3. The standard InChI is InChI=1S/C17H37NO9S2.Na/c1-3-4-7-18(28(2,19)20)8-10-25-12-14-27-16-15-26-13-11-24-9-5-6-17-29(21,22)23;/h3-17H2,1-2H3,(H,21,22,23);/q;+1/p-1. The molecule has 0 aliphatic rings. The van der Waals surface area contributed by atoms with E-state index in [9.17, 15) is 21.4 Å². The first-order chi connectivity index (χ1) is 13.7. The molecule has 0 N–H and O–H groups in total. The van der Waals surface area contributed by atoms with E-state index >= 15 is 0 Å². The van der Waals surface area contributed by atoms with Crippen molar-refractivity contribution >= 4 is 20.1 Å². The van der Waals surface area contributed by atoms with Gasteiger partial charge in [-0.05, 0) is 19.3 Å². The van der Waals surface area contributed by atoms with Crippen LogP contribution in [-0.4, -0.2) is 104 Å². The van der Waals surface area contributed by atoms with Gasteiger partial charge < -0.3 is 23.5 Å². The van der Waals surface area contributed by atoms with Crippen LogP contribution >= 0.6 is 0 Å². The molecule has 0 rings (SSSR count). The zero-order valence-corrected chi connectivity index (χ0v) is 22.2. The Balaban J connectivity index is 0. The maximum Gasteiger partial charge on any atom is 1.00 e. The Morgan fingerprint density at radius 3 is 1.60 bits per heavy atom. The molecular formula is C17H36NNaO9S2. The molecule has 0 aliphatic heterocycles. The molecule has 0 fully saturated rings. The van der Waals surface area contributed by atoms with Crippen LogP contribution < -0.4 is 29.6 Å². The van der Waals surface area contributed by atoms with Gasteiger partial charge >= 0.3 is 29.6 Å². The van der Waals surface area contributed by atoms with E-state index < -0.39 is 20.1 Å². The third kappa shape index (κ3) is 23.3. The molecular weight excluding hydrogens is 449 g/mol. The minimum atomic E-state index is -4.13. The predicted octanol–water partition coefficient (Wildman–Crippen LogP) is -2.56. The smallest absolute Gasteiger partial charge is 0.748 e. The third-order valence-corrected chi connectivity index (χ3v) is 5.86. The predicted molar refractivity (Wildman–Crippen MR) is 108 cm³/mol. The fourth-order valence-electron chi connectivity index (χ4n) is 2.19. The minimum absolute atomic E-state index is 0. The summed E-state index contributed by atoms with van der Waals surface area (Å²) in [4.78, 5) is 0. The number of rotatable bonds is 21. The number of hydrogen-bond acceptors (Lipinski definition) is 9. The summed E-state index contributed by atoms with van der Waals surface area (Å²) in [5.74, 6) is -0.358. The SMILES string of the molecule is CCCCN(CCOCCOCCOCCOCCCCS(=O)(=O)[O-])S(C)(=O)=O.[Na+]. The largest absolute Gasteiger partial charge is 1.00 e. The molecule has 0 bridgehead atoms. The first kappa shape index (κ1) is 32.8. The Morgan fingerprint density at radius 2 is 1.17 bits per heavy atom. The molecule has 10 nitrogen and oxygen atoms in total. The molecule has 0 atom stereocenters. The molecule has 30 heavy (non-hydrogen) atoms. The van der Waals surface area contributed by atoms with E-state index in [0.29, 0.717) is 78.8 Å². The second-order valence-corrected chi connectivity index (χ2v) is 9.94. The van der Waals surface area contributed by atoms with Crippen LogP contribution in [0.15, 0.2) is 0 Å². The summed E-state index contributed by atoms with van der Waals surface area (Å²) >= 11 is 0. The number of ether oxygens (including phenoxy) is 4. The molecule has 0 heterocycles. The molecule has 0 aromatic rings. The van der Waals surface area contributed by atoms with E-state index in [2.05, 4.69) is 0 Å². The normalized spacial score (nSPS) is 12.3. The summed E-state index contributed by atoms with van der Waals surface area (Å²) in [5.41, 5.74) is 0. The molecule has 176 valence electrons. The molecule has 0 radical (unpaired) electrons. The van der Waals surface area contributed by atoms with Gasteiger partial charge in [0.1, 0.15) is 0 Å². The third-order valence-electron chi connectivity index (χ3n) is 3.76. The van der Waals surface area contributed by atoms with Gasteiger partial charge in [-0.15, -0.1) is 0 Å². The number of sulfonamides is 1. The summed E-state index contributed by atoms with van der Waals surface area (Å²) in [7, 11) is -7.34. The van der Waals surface area contributed by atoms with Crippen molar-refractivity contribution in [1.82, 2.24) is 4.31 Å². The van der Waals surface area contributed by atoms with Gasteiger partial charge in [0, 0.05) is 25.4 Å². The zero-order valence-electron chi connectivity index (χ0n) is 18.5. The van der Waals surface area contributed by atoms with Gasteiger partial charge in [-0.3, -0.25) is 0 Å². The summed E-state index contributed by atoms with van der Waals surface area (Å²) in [5, 5.41) is 0. The van der Waals surface area contributed by atoms with Crippen LogP contribution in [-0.2, 0) is 39.1 Å². The maximum absolute atomic E-state index is 11.6. The van der Waals surface area contributed by atoms with Crippen molar-refractivity contribution in [3.63, 3.8) is 0 Å². The van der Waals surface area contributed by atoms with Crippen molar-refractivity contribution in [2.24, 2.45) is 0 Å². The average Bonchev–Trinajstić information content (AvgIpc) is 2.61. The molecule has 0 unspecified atom stereocenters. The van der Waals surface area contributed by atoms with Gasteiger partial charge in [-0.25, -0.2) is 16.8 Å². The van der Waals surface area contributed by atoms with E-state index in [1.165, 1.54) is 10.6 Å². The van der Waals surface area contributed by atoms with Crippen molar-refractivity contribution in [2.45, 2.75) is 32.6 Å². The van der Waals surface area contributed by atoms with E-state index in [1.54, 1.807) is 0 Å². The molecule has 0 saturated heterocycles. The second kappa shape index (κ2) is 20.3. The van der Waals surface area contributed by atoms with Crippen molar-refractivity contribution in [1.29, 1.82) is 0 Å². The monoisotopic (exact) mass is 485 g/mol. The molecule has 0 aliphatic carbocycles. The molecule has 13 heteroatoms. The van der Waals surface area contributed by atoms with Crippen LogP contribution in [0.2, 0.25) is 0 Å². The summed E-state index contributed by atoms with van der Waals surface area (Å²) in [6, 6.07) is 0. The topological polar surface area (TPSA) is 132 Å². The van der Waals surface area contributed by atoms with E-state index in [4.69, 9.17) is 18.9 Å². The molecule has 0 saturated carbocycles. The number of hydrogen-bond donors (Lipinski definition) is 0. The maximum atomic E-state index is 11.6. The number of unbranched alkanes of at least 4 members (excludes halogenated alkanes) is 2. The van der Waals surface area contributed by atoms with Gasteiger partial charge in [0.25, 0.3) is 0 Å². The average molecular weight is 486 g/mol. The quantitative estimate of drug-likeness (QED) is 0.0979. The van der Waals surface area contributed by atoms with Crippen LogP contribution in [0.3, 0.4) is 0 Å². The first-order valence-electron chi connectivity index (χ1n) is 9.86. The Kier molecular flexibility index (Phi) is 22.2. The summed E-state index contributed by atoms with van der Waals surface area (Å²) in [6.45, 7) is 5.99. The van der Waals surface area contributed by atoms with E-state index in [1.807, 2.05) is 6.92 Å². The zero-order chi connectivity index (χ0) is 22.0. The Hall–Kier alpha value is 0.660. The Morgan fingerprint density at radius 1 is 0.700 bits per heavy atom. The Bertz CT molecular complexity index is 588. The van der Waals surface area contributed by atoms with E-state index in [0.717, 1.165) is 12.8 Å². The number of nitrogens with zero attached hydrogens (tertiary/aromatic N) is 1. The first-order valence-corrected chi connectivity index (χ1v) is 13.3. The fourth-order valence-corrected chi connectivity index (χ4v) is 3.61. The van der Waals surface area contributed by atoms with Crippen LogP contribution in [0.5, 0.6) is 0 Å². The second-order valence-electron chi connectivity index (χ2n) is 6.43. The molecule has 0 amide bonds. The van der Waals surface area contributed by atoms with Gasteiger partial charge in [-0.2, -0.15) is 4.31 Å².